The van der Waals surface area contributed by atoms with Crippen molar-refractivity contribution < 1.29 is 0 Å². The Kier molecular flexibility index (Phi) is 3.38. The number of aromatic nitrogens is 4. The predicted octanol–water partition coefficient (Wildman–Crippen LogP) is 3.10. The van der Waals surface area contributed by atoms with Gasteiger partial charge in [0.25, 0.3) is 0 Å². The normalized spacial score (nSPS) is 11.3. The van der Waals surface area contributed by atoms with E-state index in [-0.39, 0.29) is 5.43 Å². The minimum Gasteiger partial charge on any atom is -0.333 e. The Labute approximate surface area is 136 Å². The van der Waals surface area contributed by atoms with E-state index >= 15 is 0 Å². The van der Waals surface area contributed by atoms with Crippen LogP contribution in [0.4, 0.5) is 0 Å². The molecule has 1 N–H and O–H groups in total. The number of fused-ring (bicyclic) bond motifs is 2. The van der Waals surface area contributed by atoms with Crippen molar-refractivity contribution >= 4 is 33.7 Å². The van der Waals surface area contributed by atoms with E-state index in [9.17, 15) is 4.79 Å². The fraction of sp³-hybridized carbons (Fsp3) is 0.118. The number of para-hydroxylation sites is 2. The molecular formula is C17H14N4OS. The van der Waals surface area contributed by atoms with Crippen LogP contribution in [0.3, 0.4) is 0 Å². The van der Waals surface area contributed by atoms with Gasteiger partial charge in [0.05, 0.1) is 16.7 Å². The van der Waals surface area contributed by atoms with E-state index in [4.69, 9.17) is 0 Å². The summed E-state index contributed by atoms with van der Waals surface area (Å²) in [6.07, 6.45) is 0. The van der Waals surface area contributed by atoms with Gasteiger partial charge in [0.15, 0.2) is 5.16 Å². The number of H-pyrrole nitrogens is 1. The molecule has 4 rings (SSSR count). The number of benzene rings is 1. The molecule has 0 spiro atoms. The first-order valence-electron chi connectivity index (χ1n) is 7.25. The molecule has 114 valence electrons. The summed E-state index contributed by atoms with van der Waals surface area (Å²) in [5, 5.41) is 6.25. The molecule has 0 fully saturated rings. The highest BCUT2D eigenvalue weighted by Crippen LogP contribution is 2.25. The molecule has 6 heteroatoms. The van der Waals surface area contributed by atoms with E-state index in [2.05, 4.69) is 15.1 Å². The first-order chi connectivity index (χ1) is 11.2. The molecule has 0 atom stereocenters. The van der Waals surface area contributed by atoms with Crippen LogP contribution in [0.25, 0.3) is 21.9 Å². The fourth-order valence-electron chi connectivity index (χ4n) is 2.68. The maximum absolute atomic E-state index is 12.1. The Bertz CT molecular complexity index is 1030. The summed E-state index contributed by atoms with van der Waals surface area (Å²) >= 11 is 1.59. The first kappa shape index (κ1) is 14.0. The number of thioether (sulfide) groups is 1. The monoisotopic (exact) mass is 322 g/mol. The molecule has 2 heterocycles. The summed E-state index contributed by atoms with van der Waals surface area (Å²) in [5.41, 5.74) is 3.49. The number of rotatable bonds is 3. The molecule has 0 aliphatic carbocycles. The van der Waals surface area contributed by atoms with Gasteiger partial charge in [0.1, 0.15) is 5.52 Å². The SMILES string of the molecule is Cn1nc(CSc2nc3ccccc3[nH]2)c2ccccc(=O)c21. The van der Waals surface area contributed by atoms with Crippen LogP contribution in [0.2, 0.25) is 0 Å². The van der Waals surface area contributed by atoms with Crippen molar-refractivity contribution in [3.8, 4) is 0 Å². The number of nitrogens with one attached hydrogen (secondary N) is 1. The summed E-state index contributed by atoms with van der Waals surface area (Å²) in [7, 11) is 1.80. The van der Waals surface area contributed by atoms with Crippen molar-refractivity contribution in [2.24, 2.45) is 7.05 Å². The van der Waals surface area contributed by atoms with Crippen LogP contribution in [0.1, 0.15) is 5.69 Å². The smallest absolute Gasteiger partial charge is 0.204 e. The van der Waals surface area contributed by atoms with E-state index in [0.29, 0.717) is 11.3 Å². The largest absolute Gasteiger partial charge is 0.333 e. The average Bonchev–Trinajstić information content (AvgIpc) is 3.03. The summed E-state index contributed by atoms with van der Waals surface area (Å²) in [6, 6.07) is 15.1. The van der Waals surface area contributed by atoms with E-state index in [0.717, 1.165) is 27.3 Å². The number of imidazole rings is 1. The number of nitrogens with zero attached hydrogens (tertiary/aromatic N) is 3. The lowest BCUT2D eigenvalue weighted by Crippen LogP contribution is -2.02. The maximum atomic E-state index is 12.1. The Morgan fingerprint density at radius 2 is 1.91 bits per heavy atom. The van der Waals surface area contributed by atoms with Crippen molar-refractivity contribution in [3.05, 3.63) is 64.4 Å². The van der Waals surface area contributed by atoms with Crippen molar-refractivity contribution in [1.29, 1.82) is 0 Å². The van der Waals surface area contributed by atoms with Crippen LogP contribution >= 0.6 is 11.8 Å². The van der Waals surface area contributed by atoms with Crippen LogP contribution in [-0.4, -0.2) is 19.7 Å². The molecule has 0 saturated carbocycles. The third-order valence-corrected chi connectivity index (χ3v) is 4.61. The van der Waals surface area contributed by atoms with E-state index in [1.54, 1.807) is 35.6 Å². The molecule has 0 aliphatic rings. The average molecular weight is 322 g/mol. The minimum atomic E-state index is -0.0139. The highest BCUT2D eigenvalue weighted by Gasteiger charge is 2.11. The second-order valence-electron chi connectivity index (χ2n) is 5.26. The molecule has 0 radical (unpaired) electrons. The molecule has 23 heavy (non-hydrogen) atoms. The zero-order valence-electron chi connectivity index (χ0n) is 12.5. The number of aryl methyl sites for hydroxylation is 1. The molecule has 2 aromatic heterocycles. The van der Waals surface area contributed by atoms with Crippen molar-refractivity contribution in [2.75, 3.05) is 0 Å². The van der Waals surface area contributed by atoms with Crippen molar-refractivity contribution in [3.63, 3.8) is 0 Å². The quantitative estimate of drug-likeness (QED) is 0.589. The highest BCUT2D eigenvalue weighted by molar-refractivity contribution is 7.98. The number of hydrogen-bond acceptors (Lipinski definition) is 4. The summed E-state index contributed by atoms with van der Waals surface area (Å²) in [5.74, 6) is 0.653. The highest BCUT2D eigenvalue weighted by atomic mass is 32.2. The molecule has 0 unspecified atom stereocenters. The topological polar surface area (TPSA) is 63.6 Å². The van der Waals surface area contributed by atoms with Crippen LogP contribution in [0, 0.1) is 0 Å². The molecular weight excluding hydrogens is 308 g/mol. The van der Waals surface area contributed by atoms with Gasteiger partial charge in [-0.3, -0.25) is 9.48 Å². The Morgan fingerprint density at radius 3 is 2.78 bits per heavy atom. The second-order valence-corrected chi connectivity index (χ2v) is 6.23. The standard InChI is InChI=1S/C17H14N4OS/c1-21-16-11(6-2-5-9-15(16)22)14(20-21)10-23-17-18-12-7-3-4-8-13(12)19-17/h2-9H,10H2,1H3,(H,18,19). The Morgan fingerprint density at radius 1 is 1.13 bits per heavy atom. The summed E-state index contributed by atoms with van der Waals surface area (Å²) < 4.78 is 1.66. The van der Waals surface area contributed by atoms with Gasteiger partial charge in [-0.2, -0.15) is 5.10 Å². The molecule has 0 saturated heterocycles. The molecule has 4 aromatic rings. The lowest BCUT2D eigenvalue weighted by Gasteiger charge is -1.94. The Balaban J connectivity index is 1.69. The van der Waals surface area contributed by atoms with Gasteiger partial charge >= 0.3 is 0 Å². The fourth-order valence-corrected chi connectivity index (χ4v) is 3.51. The maximum Gasteiger partial charge on any atom is 0.204 e. The van der Waals surface area contributed by atoms with Gasteiger partial charge in [-0.15, -0.1) is 0 Å². The molecule has 0 aliphatic heterocycles. The van der Waals surface area contributed by atoms with Gasteiger partial charge in [0, 0.05) is 18.2 Å². The minimum absolute atomic E-state index is 0.0139. The zero-order chi connectivity index (χ0) is 15.8. The van der Waals surface area contributed by atoms with E-state index in [1.807, 2.05) is 36.4 Å². The van der Waals surface area contributed by atoms with Crippen LogP contribution < -0.4 is 5.43 Å². The lowest BCUT2D eigenvalue weighted by molar-refractivity contribution is 0.779. The van der Waals surface area contributed by atoms with Gasteiger partial charge in [0.2, 0.25) is 5.43 Å². The lowest BCUT2D eigenvalue weighted by atomic mass is 10.3. The third kappa shape index (κ3) is 2.51. The predicted molar refractivity (Wildman–Crippen MR) is 92.6 cm³/mol. The van der Waals surface area contributed by atoms with Crippen molar-refractivity contribution in [1.82, 2.24) is 19.7 Å². The third-order valence-electron chi connectivity index (χ3n) is 3.73. The summed E-state index contributed by atoms with van der Waals surface area (Å²) in [4.78, 5) is 20.0. The van der Waals surface area contributed by atoms with Crippen molar-refractivity contribution in [2.45, 2.75) is 10.9 Å². The number of aromatic amines is 1. The Hall–Kier alpha value is -2.60. The van der Waals surface area contributed by atoms with Crippen LogP contribution in [0.5, 0.6) is 0 Å². The zero-order valence-corrected chi connectivity index (χ0v) is 13.3. The molecule has 5 nitrogen and oxygen atoms in total. The van der Waals surface area contributed by atoms with Crippen LogP contribution in [-0.2, 0) is 12.8 Å². The van der Waals surface area contributed by atoms with Gasteiger partial charge in [-0.05, 0) is 18.2 Å². The molecule has 0 bridgehead atoms. The van der Waals surface area contributed by atoms with E-state index < -0.39 is 0 Å². The van der Waals surface area contributed by atoms with Gasteiger partial charge in [-0.25, -0.2) is 4.98 Å². The van der Waals surface area contributed by atoms with Gasteiger partial charge < -0.3 is 4.98 Å². The molecule has 0 amide bonds. The summed E-state index contributed by atoms with van der Waals surface area (Å²) in [6.45, 7) is 0. The first-order valence-corrected chi connectivity index (χ1v) is 8.23. The second kappa shape index (κ2) is 5.55. The van der Waals surface area contributed by atoms with E-state index in [1.165, 1.54) is 0 Å². The number of hydrogen-bond donors (Lipinski definition) is 1. The van der Waals surface area contributed by atoms with Gasteiger partial charge in [-0.1, -0.05) is 42.1 Å². The van der Waals surface area contributed by atoms with Crippen LogP contribution in [0.15, 0.2) is 58.5 Å². The molecule has 2 aromatic carbocycles.